The average Bonchev–Trinajstić information content (AvgIpc) is 3.21. The first-order valence-electron chi connectivity index (χ1n) is 9.21. The molecule has 1 saturated carbocycles. The van der Waals surface area contributed by atoms with Crippen LogP contribution in [0.2, 0.25) is 0 Å². The van der Waals surface area contributed by atoms with Gasteiger partial charge in [0.25, 0.3) is 0 Å². The number of fused-ring (bicyclic) bond motifs is 1. The van der Waals surface area contributed by atoms with Gasteiger partial charge in [-0.2, -0.15) is 5.10 Å². The van der Waals surface area contributed by atoms with E-state index < -0.39 is 5.54 Å². The minimum Gasteiger partial charge on any atom is -0.464 e. The van der Waals surface area contributed by atoms with Crippen molar-refractivity contribution in [1.29, 1.82) is 0 Å². The lowest BCUT2D eigenvalue weighted by atomic mass is 9.85. The summed E-state index contributed by atoms with van der Waals surface area (Å²) in [6.07, 6.45) is 9.05. The molecule has 3 atom stereocenters. The fraction of sp³-hybridized carbons (Fsp3) is 0.722. The number of aromatic nitrogens is 2. The van der Waals surface area contributed by atoms with Gasteiger partial charge < -0.3 is 15.4 Å². The summed E-state index contributed by atoms with van der Waals surface area (Å²) in [6, 6.07) is 0.337. The summed E-state index contributed by atoms with van der Waals surface area (Å²) < 4.78 is 6.62. The van der Waals surface area contributed by atoms with E-state index in [0.717, 1.165) is 6.42 Å². The van der Waals surface area contributed by atoms with Gasteiger partial charge in [0.2, 0.25) is 5.91 Å². The molecular weight excluding hydrogens is 356 g/mol. The van der Waals surface area contributed by atoms with Gasteiger partial charge in [0.05, 0.1) is 24.5 Å². The molecule has 0 radical (unpaired) electrons. The van der Waals surface area contributed by atoms with E-state index in [0.29, 0.717) is 24.3 Å². The maximum atomic E-state index is 12.6. The van der Waals surface area contributed by atoms with Gasteiger partial charge in [-0.25, -0.2) is 4.79 Å². The van der Waals surface area contributed by atoms with Crippen molar-refractivity contribution in [3.63, 3.8) is 0 Å². The number of hydrogen-bond donors (Lipinski definition) is 2. The van der Waals surface area contributed by atoms with Crippen molar-refractivity contribution >= 4 is 30.0 Å². The highest BCUT2D eigenvalue weighted by atomic mass is 35.5. The highest BCUT2D eigenvalue weighted by Crippen LogP contribution is 2.33. The number of amides is 1. The largest absolute Gasteiger partial charge is 0.464 e. The number of nitrogens with one attached hydrogen (secondary N) is 2. The summed E-state index contributed by atoms with van der Waals surface area (Å²) in [7, 11) is 0. The molecule has 0 bridgehead atoms. The van der Waals surface area contributed by atoms with Crippen LogP contribution in [0, 0.1) is 5.92 Å². The van der Waals surface area contributed by atoms with E-state index in [1.54, 1.807) is 33.2 Å². The van der Waals surface area contributed by atoms with Gasteiger partial charge in [-0.05, 0) is 46.0 Å². The summed E-state index contributed by atoms with van der Waals surface area (Å²) in [4.78, 5) is 24.6. The number of nitrogens with zero attached hydrogens (tertiary/aromatic N) is 2. The van der Waals surface area contributed by atoms with E-state index in [4.69, 9.17) is 4.74 Å². The van der Waals surface area contributed by atoms with Crippen LogP contribution in [0.15, 0.2) is 12.4 Å². The molecule has 0 aromatic carbocycles. The maximum absolute atomic E-state index is 12.6. The molecule has 1 aliphatic heterocycles. The van der Waals surface area contributed by atoms with Crippen LogP contribution in [-0.4, -0.2) is 40.3 Å². The highest BCUT2D eigenvalue weighted by molar-refractivity contribution is 5.95. The predicted molar refractivity (Wildman–Crippen MR) is 101 cm³/mol. The zero-order valence-electron chi connectivity index (χ0n) is 15.7. The molecule has 2 N–H and O–H groups in total. The topological polar surface area (TPSA) is 85.2 Å². The second-order valence-corrected chi connectivity index (χ2v) is 7.55. The highest BCUT2D eigenvalue weighted by Gasteiger charge is 2.38. The lowest BCUT2D eigenvalue weighted by Gasteiger charge is -2.24. The molecule has 1 saturated heterocycles. The van der Waals surface area contributed by atoms with Crippen LogP contribution in [0.1, 0.15) is 52.9 Å². The van der Waals surface area contributed by atoms with Crippen molar-refractivity contribution in [3.8, 4) is 0 Å². The van der Waals surface area contributed by atoms with Gasteiger partial charge in [0, 0.05) is 12.2 Å². The Labute approximate surface area is 160 Å². The van der Waals surface area contributed by atoms with Gasteiger partial charge in [-0.1, -0.05) is 12.8 Å². The van der Waals surface area contributed by atoms with Gasteiger partial charge >= 0.3 is 5.97 Å². The molecule has 2 fully saturated rings. The Morgan fingerprint density at radius 1 is 1.38 bits per heavy atom. The van der Waals surface area contributed by atoms with Gasteiger partial charge in [0.1, 0.15) is 0 Å². The maximum Gasteiger partial charge on any atom is 0.333 e. The summed E-state index contributed by atoms with van der Waals surface area (Å²) in [5.74, 6) is 0.246. The van der Waals surface area contributed by atoms with E-state index in [2.05, 4.69) is 15.7 Å². The van der Waals surface area contributed by atoms with Crippen molar-refractivity contribution in [3.05, 3.63) is 12.4 Å². The van der Waals surface area contributed by atoms with Crippen molar-refractivity contribution < 1.29 is 14.3 Å². The van der Waals surface area contributed by atoms with Crippen molar-refractivity contribution in [2.45, 2.75) is 70.5 Å². The Morgan fingerprint density at radius 3 is 2.81 bits per heavy atom. The normalized spacial score (nSPS) is 25.1. The van der Waals surface area contributed by atoms with Gasteiger partial charge in [-0.15, -0.1) is 12.4 Å². The Bertz CT molecular complexity index is 632. The fourth-order valence-corrected chi connectivity index (χ4v) is 3.84. The Morgan fingerprint density at radius 2 is 2.12 bits per heavy atom. The summed E-state index contributed by atoms with van der Waals surface area (Å²) >= 11 is 0. The molecule has 1 aromatic rings. The van der Waals surface area contributed by atoms with Crippen LogP contribution in [0.3, 0.4) is 0 Å². The van der Waals surface area contributed by atoms with E-state index in [1.807, 2.05) is 0 Å². The van der Waals surface area contributed by atoms with Crippen molar-refractivity contribution in [1.82, 2.24) is 15.1 Å². The lowest BCUT2D eigenvalue weighted by molar-refractivity contribution is -0.152. The molecule has 146 valence electrons. The van der Waals surface area contributed by atoms with E-state index >= 15 is 0 Å². The number of anilines is 1. The van der Waals surface area contributed by atoms with E-state index in [1.165, 1.54) is 30.4 Å². The van der Waals surface area contributed by atoms with Crippen LogP contribution in [-0.2, 0) is 19.9 Å². The SMILES string of the molecule is CCOC(=O)C(C)(C)n1cc(NC(=O)C2CC3CCCCC3N2)cn1.Cl. The predicted octanol–water partition coefficient (Wildman–Crippen LogP) is 2.46. The van der Waals surface area contributed by atoms with Crippen LogP contribution in [0.5, 0.6) is 0 Å². The summed E-state index contributed by atoms with van der Waals surface area (Å²) in [6.45, 7) is 5.58. The van der Waals surface area contributed by atoms with Crippen molar-refractivity contribution in [2.24, 2.45) is 5.92 Å². The number of carbonyl (C=O) groups is 2. The molecule has 2 heterocycles. The summed E-state index contributed by atoms with van der Waals surface area (Å²) in [5.41, 5.74) is -0.321. The first-order valence-corrected chi connectivity index (χ1v) is 9.21. The van der Waals surface area contributed by atoms with Gasteiger partial charge in [0.15, 0.2) is 5.54 Å². The molecule has 1 aromatic heterocycles. The van der Waals surface area contributed by atoms with Crippen LogP contribution < -0.4 is 10.6 Å². The molecule has 1 amide bonds. The summed E-state index contributed by atoms with van der Waals surface area (Å²) in [5, 5.41) is 10.6. The van der Waals surface area contributed by atoms with Crippen LogP contribution >= 0.6 is 12.4 Å². The molecular formula is C18H29ClN4O3. The number of ether oxygens (including phenoxy) is 1. The number of rotatable bonds is 5. The molecule has 26 heavy (non-hydrogen) atoms. The quantitative estimate of drug-likeness (QED) is 0.761. The standard InChI is InChI=1S/C18H28N4O3.ClH/c1-4-25-17(24)18(2,3)22-11-13(10-19-22)20-16(23)15-9-12-7-5-6-8-14(12)21-15;/h10-12,14-15,21H,4-9H2,1-3H3,(H,20,23);1H. The third-order valence-corrected chi connectivity index (χ3v) is 5.38. The molecule has 2 aliphatic rings. The van der Waals surface area contributed by atoms with Crippen LogP contribution in [0.25, 0.3) is 0 Å². The number of carbonyl (C=O) groups excluding carboxylic acids is 2. The number of esters is 1. The first-order chi connectivity index (χ1) is 11.9. The molecule has 7 nitrogen and oxygen atoms in total. The number of halogens is 1. The number of hydrogen-bond acceptors (Lipinski definition) is 5. The fourth-order valence-electron chi connectivity index (χ4n) is 3.84. The smallest absolute Gasteiger partial charge is 0.333 e. The van der Waals surface area contributed by atoms with E-state index in [-0.39, 0.29) is 30.3 Å². The second kappa shape index (κ2) is 8.39. The second-order valence-electron chi connectivity index (χ2n) is 7.55. The monoisotopic (exact) mass is 384 g/mol. The molecule has 0 spiro atoms. The Kier molecular flexibility index (Phi) is 6.69. The first kappa shape index (κ1) is 20.7. The average molecular weight is 385 g/mol. The minimum atomic E-state index is -0.917. The van der Waals surface area contributed by atoms with E-state index in [9.17, 15) is 9.59 Å². The third-order valence-electron chi connectivity index (χ3n) is 5.38. The zero-order valence-corrected chi connectivity index (χ0v) is 16.5. The van der Waals surface area contributed by atoms with Crippen LogP contribution in [0.4, 0.5) is 5.69 Å². The van der Waals surface area contributed by atoms with Gasteiger partial charge in [-0.3, -0.25) is 9.48 Å². The minimum absolute atomic E-state index is 0. The van der Waals surface area contributed by atoms with Crippen molar-refractivity contribution in [2.75, 3.05) is 11.9 Å². The molecule has 3 rings (SSSR count). The Hall–Kier alpha value is -1.60. The third kappa shape index (κ3) is 4.20. The zero-order chi connectivity index (χ0) is 18.0. The molecule has 8 heteroatoms. The Balaban J connectivity index is 0.00000243. The molecule has 3 unspecified atom stereocenters. The lowest BCUT2D eigenvalue weighted by Crippen LogP contribution is -2.40. The molecule has 1 aliphatic carbocycles.